The normalized spacial score (nSPS) is 12.8. The van der Waals surface area contributed by atoms with Gasteiger partial charge in [-0.1, -0.05) is 0 Å². The number of H-pyrrole nitrogens is 1. The molecule has 0 spiro atoms. The van der Waals surface area contributed by atoms with Crippen molar-refractivity contribution in [3.05, 3.63) is 33.7 Å². The average Bonchev–Trinajstić information content (AvgIpc) is 2.27. The highest BCUT2D eigenvalue weighted by molar-refractivity contribution is 5.96. The van der Waals surface area contributed by atoms with Crippen LogP contribution in [0.3, 0.4) is 0 Å². The molecular weight excluding hydrogens is 269 g/mol. The highest BCUT2D eigenvalue weighted by Gasteiger charge is 2.32. The number of aliphatic carboxylic acids is 1. The number of aromatic nitrogens is 1. The number of aromatic amines is 1. The Labute approximate surface area is 104 Å². The van der Waals surface area contributed by atoms with E-state index in [1.54, 1.807) is 0 Å². The lowest BCUT2D eigenvalue weighted by molar-refractivity contribution is -0.141. The summed E-state index contributed by atoms with van der Waals surface area (Å²) in [6.07, 6.45) is -4.73. The van der Waals surface area contributed by atoms with Gasteiger partial charge in [-0.05, 0) is 19.1 Å². The Balaban J connectivity index is 3.01. The first kappa shape index (κ1) is 14.7. The number of carbonyl (C=O) groups is 2. The summed E-state index contributed by atoms with van der Waals surface area (Å²) in [5, 5.41) is 10.5. The number of pyridine rings is 1. The third kappa shape index (κ3) is 3.57. The van der Waals surface area contributed by atoms with Crippen molar-refractivity contribution < 1.29 is 27.9 Å². The van der Waals surface area contributed by atoms with E-state index in [9.17, 15) is 27.6 Å². The third-order valence-corrected chi connectivity index (χ3v) is 2.18. The van der Waals surface area contributed by atoms with Gasteiger partial charge in [0.2, 0.25) is 0 Å². The standard InChI is InChI=1S/C10H9F3N2O4/c1-4(9(18)19)14-7(16)5-2-3-6(10(11,12)13)15-8(5)17/h2-4H,1H3,(H,14,16)(H,15,17)(H,18,19)/t4-/m0/s1. The van der Waals surface area contributed by atoms with Crippen molar-refractivity contribution in [3.8, 4) is 0 Å². The van der Waals surface area contributed by atoms with E-state index in [2.05, 4.69) is 0 Å². The van der Waals surface area contributed by atoms with Gasteiger partial charge >= 0.3 is 12.1 Å². The number of hydrogen-bond donors (Lipinski definition) is 3. The summed E-state index contributed by atoms with van der Waals surface area (Å²) in [4.78, 5) is 34.8. The van der Waals surface area contributed by atoms with Gasteiger partial charge in [-0.25, -0.2) is 0 Å². The van der Waals surface area contributed by atoms with Gasteiger partial charge < -0.3 is 15.4 Å². The Bertz CT molecular complexity index is 565. The largest absolute Gasteiger partial charge is 0.480 e. The molecule has 0 unspecified atom stereocenters. The highest BCUT2D eigenvalue weighted by Crippen LogP contribution is 2.26. The van der Waals surface area contributed by atoms with Crippen LogP contribution in [0.2, 0.25) is 0 Å². The van der Waals surface area contributed by atoms with E-state index >= 15 is 0 Å². The van der Waals surface area contributed by atoms with Crippen LogP contribution >= 0.6 is 0 Å². The molecule has 1 rings (SSSR count). The molecule has 0 aromatic carbocycles. The minimum absolute atomic E-state index is 0.530. The van der Waals surface area contributed by atoms with Gasteiger partial charge in [0.1, 0.15) is 17.3 Å². The lowest BCUT2D eigenvalue weighted by Gasteiger charge is -2.10. The van der Waals surface area contributed by atoms with Crippen molar-refractivity contribution in [3.63, 3.8) is 0 Å². The van der Waals surface area contributed by atoms with Gasteiger partial charge in [0, 0.05) is 0 Å². The van der Waals surface area contributed by atoms with Crippen LogP contribution in [0.25, 0.3) is 0 Å². The van der Waals surface area contributed by atoms with E-state index < -0.39 is 40.9 Å². The summed E-state index contributed by atoms with van der Waals surface area (Å²) < 4.78 is 36.8. The molecular formula is C10H9F3N2O4. The molecule has 1 aromatic heterocycles. The number of nitrogens with one attached hydrogen (secondary N) is 2. The van der Waals surface area contributed by atoms with Crippen molar-refractivity contribution in [2.24, 2.45) is 0 Å². The lowest BCUT2D eigenvalue weighted by atomic mass is 10.2. The minimum atomic E-state index is -4.73. The average molecular weight is 278 g/mol. The summed E-state index contributed by atoms with van der Waals surface area (Å²) in [5.74, 6) is -2.40. The number of halogens is 3. The predicted molar refractivity (Wildman–Crippen MR) is 56.6 cm³/mol. The molecule has 0 aliphatic heterocycles. The number of carboxylic acid groups (broad SMARTS) is 1. The van der Waals surface area contributed by atoms with Crippen molar-refractivity contribution in [2.45, 2.75) is 19.1 Å². The van der Waals surface area contributed by atoms with Crippen LogP contribution in [0.5, 0.6) is 0 Å². The summed E-state index contributed by atoms with van der Waals surface area (Å²) in [7, 11) is 0. The highest BCUT2D eigenvalue weighted by atomic mass is 19.4. The van der Waals surface area contributed by atoms with Gasteiger partial charge in [0.05, 0.1) is 0 Å². The fourth-order valence-electron chi connectivity index (χ4n) is 1.15. The molecule has 1 heterocycles. The molecule has 1 amide bonds. The molecule has 3 N–H and O–H groups in total. The van der Waals surface area contributed by atoms with Crippen molar-refractivity contribution in [1.82, 2.24) is 10.3 Å². The summed E-state index contributed by atoms with van der Waals surface area (Å²) >= 11 is 0. The zero-order valence-corrected chi connectivity index (χ0v) is 9.54. The molecule has 0 bridgehead atoms. The second-order valence-electron chi connectivity index (χ2n) is 3.65. The monoisotopic (exact) mass is 278 g/mol. The van der Waals surface area contributed by atoms with Gasteiger partial charge in [-0.15, -0.1) is 0 Å². The number of amides is 1. The fraction of sp³-hybridized carbons (Fsp3) is 0.300. The Kier molecular flexibility index (Phi) is 3.98. The Morgan fingerprint density at radius 3 is 2.37 bits per heavy atom. The van der Waals surface area contributed by atoms with Crippen LogP contribution in [0.15, 0.2) is 16.9 Å². The Morgan fingerprint density at radius 2 is 1.95 bits per heavy atom. The van der Waals surface area contributed by atoms with E-state index in [0.717, 1.165) is 6.92 Å². The van der Waals surface area contributed by atoms with Gasteiger partial charge in [-0.2, -0.15) is 13.2 Å². The van der Waals surface area contributed by atoms with E-state index in [4.69, 9.17) is 5.11 Å². The van der Waals surface area contributed by atoms with Crippen LogP contribution in [0.4, 0.5) is 13.2 Å². The number of carbonyl (C=O) groups excluding carboxylic acids is 1. The third-order valence-electron chi connectivity index (χ3n) is 2.18. The van der Waals surface area contributed by atoms with E-state index in [0.29, 0.717) is 12.1 Å². The summed E-state index contributed by atoms with van der Waals surface area (Å²) in [5.41, 5.74) is -3.13. The summed E-state index contributed by atoms with van der Waals surface area (Å²) in [6.45, 7) is 1.15. The first-order valence-electron chi connectivity index (χ1n) is 4.97. The predicted octanol–water partition coefficient (Wildman–Crippen LogP) is 0.597. The van der Waals surface area contributed by atoms with Crippen LogP contribution in [0, 0.1) is 0 Å². The van der Waals surface area contributed by atoms with Crippen molar-refractivity contribution in [1.29, 1.82) is 0 Å². The second-order valence-corrected chi connectivity index (χ2v) is 3.65. The number of rotatable bonds is 3. The van der Waals surface area contributed by atoms with Crippen LogP contribution in [-0.4, -0.2) is 28.0 Å². The quantitative estimate of drug-likeness (QED) is 0.753. The molecule has 0 saturated heterocycles. The first-order valence-corrected chi connectivity index (χ1v) is 4.97. The zero-order chi connectivity index (χ0) is 14.8. The molecule has 1 atom stereocenters. The van der Waals surface area contributed by atoms with Gasteiger partial charge in [0.15, 0.2) is 0 Å². The summed E-state index contributed by atoms with van der Waals surface area (Å²) in [6, 6.07) is -0.0537. The molecule has 0 saturated carbocycles. The fourth-order valence-corrected chi connectivity index (χ4v) is 1.15. The van der Waals surface area contributed by atoms with E-state index in [1.165, 1.54) is 4.98 Å². The first-order chi connectivity index (χ1) is 8.62. The minimum Gasteiger partial charge on any atom is -0.480 e. The molecule has 6 nitrogen and oxygen atoms in total. The molecule has 104 valence electrons. The maximum Gasteiger partial charge on any atom is 0.431 e. The maximum absolute atomic E-state index is 12.3. The molecule has 19 heavy (non-hydrogen) atoms. The van der Waals surface area contributed by atoms with Crippen LogP contribution in [0.1, 0.15) is 23.0 Å². The van der Waals surface area contributed by atoms with Gasteiger partial charge in [0.25, 0.3) is 11.5 Å². The van der Waals surface area contributed by atoms with Crippen LogP contribution < -0.4 is 10.9 Å². The topological polar surface area (TPSA) is 99.3 Å². The van der Waals surface area contributed by atoms with Gasteiger partial charge in [-0.3, -0.25) is 14.4 Å². The molecule has 1 aromatic rings. The van der Waals surface area contributed by atoms with Crippen molar-refractivity contribution >= 4 is 11.9 Å². The smallest absolute Gasteiger partial charge is 0.431 e. The maximum atomic E-state index is 12.3. The zero-order valence-electron chi connectivity index (χ0n) is 9.54. The Morgan fingerprint density at radius 1 is 1.37 bits per heavy atom. The molecule has 0 fully saturated rings. The molecule has 0 radical (unpaired) electrons. The SMILES string of the molecule is C[C@H](NC(=O)c1ccc(C(F)(F)F)[nH]c1=O)C(=O)O. The molecule has 9 heteroatoms. The number of hydrogen-bond acceptors (Lipinski definition) is 3. The Hall–Kier alpha value is -2.32. The molecule has 0 aliphatic rings. The van der Waals surface area contributed by atoms with E-state index in [1.807, 2.05) is 5.32 Å². The van der Waals surface area contributed by atoms with Crippen LogP contribution in [-0.2, 0) is 11.0 Å². The molecule has 0 aliphatic carbocycles. The second kappa shape index (κ2) is 5.12. The van der Waals surface area contributed by atoms with E-state index in [-0.39, 0.29) is 0 Å². The lowest BCUT2D eigenvalue weighted by Crippen LogP contribution is -2.40. The number of carboxylic acids is 1. The number of alkyl halides is 3. The van der Waals surface area contributed by atoms with Crippen molar-refractivity contribution in [2.75, 3.05) is 0 Å².